The lowest BCUT2D eigenvalue weighted by Crippen LogP contribution is -2.64. The minimum absolute atomic E-state index is 0.0806. The Balaban J connectivity index is 0.000000115. The minimum atomic E-state index is -0.594. The van der Waals surface area contributed by atoms with Crippen molar-refractivity contribution in [1.82, 2.24) is 20.0 Å². The number of rotatable bonds is 9. The number of methoxy groups -OCH3 is 6. The lowest BCUT2D eigenvalue weighted by Gasteiger charge is -2.56. The molecule has 15 atom stereocenters. The Morgan fingerprint density at radius 3 is 1.83 bits per heavy atom. The minimum Gasteiger partial charge on any atom is -0.504 e. The number of hydrogen-bond acceptors (Lipinski definition) is 19. The van der Waals surface area contributed by atoms with E-state index in [9.17, 15) is 34.5 Å². The predicted molar refractivity (Wildman–Crippen MR) is 350 cm³/mol. The third-order valence-corrected chi connectivity index (χ3v) is 22.6. The maximum Gasteiger partial charge on any atom is 0.338 e. The number of aryl methyl sites for hydroxylation is 1. The Morgan fingerprint density at radius 1 is 0.638 bits per heavy atom. The van der Waals surface area contributed by atoms with Crippen molar-refractivity contribution in [3.05, 3.63) is 152 Å². The number of aliphatic hydroxyl groups is 2. The van der Waals surface area contributed by atoms with Crippen LogP contribution in [-0.2, 0) is 49.2 Å². The first-order valence-corrected chi connectivity index (χ1v) is 32.8. The summed E-state index contributed by atoms with van der Waals surface area (Å²) in [5.41, 5.74) is 8.41. The van der Waals surface area contributed by atoms with Crippen LogP contribution in [0.3, 0.4) is 0 Å². The van der Waals surface area contributed by atoms with E-state index >= 15 is 0 Å². The van der Waals surface area contributed by atoms with Gasteiger partial charge in [-0.2, -0.15) is 0 Å². The van der Waals surface area contributed by atoms with Gasteiger partial charge in [-0.1, -0.05) is 60.7 Å². The van der Waals surface area contributed by atoms with E-state index in [-0.39, 0.29) is 69.9 Å². The van der Waals surface area contributed by atoms with Gasteiger partial charge in [0.05, 0.1) is 54.3 Å². The first-order valence-electron chi connectivity index (χ1n) is 32.8. The molecule has 6 bridgehead atoms. The number of nitrogens with one attached hydrogen (secondary N) is 1. The van der Waals surface area contributed by atoms with Crippen LogP contribution in [0.25, 0.3) is 11.1 Å². The number of aliphatic hydroxyl groups excluding tert-OH is 2. The maximum atomic E-state index is 12.6. The van der Waals surface area contributed by atoms with Crippen LogP contribution in [0.15, 0.2) is 108 Å². The van der Waals surface area contributed by atoms with Gasteiger partial charge in [0.1, 0.15) is 36.4 Å². The predicted octanol–water partition coefficient (Wildman–Crippen LogP) is 7.44. The van der Waals surface area contributed by atoms with E-state index in [0.29, 0.717) is 83.3 Å². The summed E-state index contributed by atoms with van der Waals surface area (Å²) in [4.78, 5) is 56.1. The van der Waals surface area contributed by atoms with Crippen LogP contribution < -0.4 is 43.9 Å². The number of esters is 2. The maximum absolute atomic E-state index is 12.6. The van der Waals surface area contributed by atoms with E-state index < -0.39 is 24.2 Å². The highest BCUT2D eigenvalue weighted by atomic mass is 16.6. The smallest absolute Gasteiger partial charge is 0.338 e. The molecule has 5 aromatic carbocycles. The van der Waals surface area contributed by atoms with Gasteiger partial charge in [-0.05, 0) is 156 Å². The molecule has 2 spiro atoms. The van der Waals surface area contributed by atoms with E-state index in [1.807, 2.05) is 49.5 Å². The van der Waals surface area contributed by atoms with Crippen LogP contribution in [0.1, 0.15) is 95.2 Å². The molecular formula is C74H86N4O16. The molecule has 4 saturated heterocycles. The molecule has 5 aromatic rings. The normalized spacial score (nSPS) is 30.9. The Hall–Kier alpha value is -8.14. The largest absolute Gasteiger partial charge is 0.504 e. The quantitative estimate of drug-likeness (QED) is 0.0829. The number of carbonyl (C=O) groups excluding carboxylic acids is 3. The van der Waals surface area contributed by atoms with Crippen LogP contribution in [-0.4, -0.2) is 179 Å². The Bertz CT molecular complexity index is 3900. The fourth-order valence-corrected chi connectivity index (χ4v) is 18.3. The van der Waals surface area contributed by atoms with Gasteiger partial charge in [0.2, 0.25) is 17.1 Å². The van der Waals surface area contributed by atoms with Gasteiger partial charge in [0.15, 0.2) is 40.2 Å². The number of amides is 1. The fourth-order valence-electron chi connectivity index (χ4n) is 18.3. The van der Waals surface area contributed by atoms with E-state index in [2.05, 4.69) is 52.3 Å². The van der Waals surface area contributed by atoms with Crippen molar-refractivity contribution in [3.8, 4) is 57.1 Å². The number of benzene rings is 4. The summed E-state index contributed by atoms with van der Waals surface area (Å²) in [7, 11) is 15.7. The molecular weight excluding hydrogens is 1200 g/mol. The monoisotopic (exact) mass is 1290 g/mol. The number of ether oxygens (including phenoxy) is 9. The molecule has 20 nitrogen and oxygen atoms in total. The number of likely N-dealkylation sites (tertiary alicyclic amines) is 2. The summed E-state index contributed by atoms with van der Waals surface area (Å²) in [5, 5.41) is 34.2. The SMILES string of the molecule is CN1CC[C@]23c4c5ccc(O)c4O[C@H]2[C@@H](O)C=C[C@H]3[C@H]1C5.COC(=O)[C@H]1[C@@H](OC(=O)c2ccccc2)C[C@@H]2CC[C@H]1N2C.COc1cc2c(c(OC)c1OC)-c1ccc(OC)c(=O)cc1[C@@H](NC(C)=O)CC2.COc1ccc2c3c1O[C@H]1[C@@H](O)C=C[C@H]4[C@@H](C2)N(C)CC[C@@]341. The first-order chi connectivity index (χ1) is 45.3. The van der Waals surface area contributed by atoms with Gasteiger partial charge in [-0.25, -0.2) is 4.79 Å². The molecule has 1 amide bonds. The van der Waals surface area contributed by atoms with Crippen molar-refractivity contribution in [2.45, 2.75) is 136 Å². The van der Waals surface area contributed by atoms with Crippen LogP contribution in [0.4, 0.5) is 0 Å². The van der Waals surface area contributed by atoms with Crippen molar-refractivity contribution >= 4 is 17.8 Å². The van der Waals surface area contributed by atoms with Crippen LogP contribution in [0, 0.1) is 17.8 Å². The number of fused-ring (bicyclic) bond motifs is 5. The zero-order chi connectivity index (χ0) is 66.2. The number of hydrogen-bond donors (Lipinski definition) is 4. The number of phenolic OH excluding ortho intramolecular Hbond substituents is 1. The van der Waals surface area contributed by atoms with Gasteiger partial charge in [0.25, 0.3) is 0 Å². The molecule has 94 heavy (non-hydrogen) atoms. The van der Waals surface area contributed by atoms with E-state index in [0.717, 1.165) is 79.8 Å². The standard InChI is InChI=1S/C22H25NO6.C18H21NO3.C17H21NO4.C17H19NO3/c1-12(24)23-16-8-6-13-10-19(27-3)21(28-4)22(29-5)20(13)14-7-9-18(26-2)17(25)11-15(14)16;1-19-8-7-18-11-4-5-13(20)17(18)22-16-14(21-2)6-3-10(15(16)18)9-12(11)19;1-18-12-8-9-13(18)15(17(20)21-2)14(10-12)22-16(19)11-6-4-3-5-7-11;1-18-7-6-17-10-3-5-13(20)16(17)21-15-12(19)4-2-9(14(15)17)8-11(10)18/h7,9-11,16H,6,8H2,1-5H3,(H,23,24);3-6,11-13,17,20H,7-9H2,1-2H3;3-7,12-15H,8-10H2,1-2H3;2-5,10-11,13,16,19-20H,6-8H2,1H3/t16-;11-,12+,13-,17-,18-;12-,13+,14-,15+;10-,11+,13-,16-,17-/m0000/s1. The Morgan fingerprint density at radius 2 is 1.23 bits per heavy atom. The van der Waals surface area contributed by atoms with Gasteiger partial charge in [0, 0.05) is 76.9 Å². The lowest BCUT2D eigenvalue weighted by atomic mass is 9.53. The van der Waals surface area contributed by atoms with E-state index in [1.165, 1.54) is 49.5 Å². The summed E-state index contributed by atoms with van der Waals surface area (Å²) in [6.07, 6.45) is 14.2. The number of aromatic hydroxyl groups is 1. The molecule has 0 aromatic heterocycles. The average Bonchev–Trinajstić information content (AvgIpc) is 1.47. The second kappa shape index (κ2) is 25.5. The Kier molecular flexibility index (Phi) is 17.5. The molecule has 20 heteroatoms. The van der Waals surface area contributed by atoms with Crippen molar-refractivity contribution in [3.63, 3.8) is 0 Å². The highest BCUT2D eigenvalue weighted by Gasteiger charge is 2.66. The molecule has 0 unspecified atom stereocenters. The van der Waals surface area contributed by atoms with Crippen molar-refractivity contribution in [1.29, 1.82) is 0 Å². The number of piperidine rings is 3. The zero-order valence-corrected chi connectivity index (χ0v) is 55.1. The van der Waals surface area contributed by atoms with Gasteiger partial charge in [-0.15, -0.1) is 0 Å². The van der Waals surface area contributed by atoms with Gasteiger partial charge in [-0.3, -0.25) is 19.3 Å². The van der Waals surface area contributed by atoms with Crippen LogP contribution >= 0.6 is 0 Å². The number of carbonyl (C=O) groups is 3. The molecule has 5 aliphatic carbocycles. The molecule has 498 valence electrons. The first kappa shape index (κ1) is 64.6. The van der Waals surface area contributed by atoms with Crippen LogP contribution in [0.2, 0.25) is 0 Å². The number of phenols is 1. The third-order valence-electron chi connectivity index (χ3n) is 22.6. The molecule has 4 fully saturated rings. The zero-order valence-electron chi connectivity index (χ0n) is 55.1. The van der Waals surface area contributed by atoms with E-state index in [1.54, 1.807) is 64.8 Å². The van der Waals surface area contributed by atoms with E-state index in [4.69, 9.17) is 42.6 Å². The summed E-state index contributed by atoms with van der Waals surface area (Å²) in [6.45, 7) is 3.53. The molecule has 6 heterocycles. The molecule has 11 aliphatic rings. The second-order valence-corrected chi connectivity index (χ2v) is 26.9. The highest BCUT2D eigenvalue weighted by molar-refractivity contribution is 5.90. The average molecular weight is 1290 g/mol. The number of nitrogens with zero attached hydrogens (tertiary/aromatic N) is 3. The fraction of sp³-hybridized carbons (Fsp3) is 0.486. The topological polar surface area (TPSA) is 234 Å². The Labute approximate surface area is 548 Å². The molecule has 0 radical (unpaired) electrons. The second-order valence-electron chi connectivity index (χ2n) is 26.9. The van der Waals surface area contributed by atoms with Gasteiger partial charge < -0.3 is 73.1 Å². The molecule has 16 rings (SSSR count). The highest BCUT2D eigenvalue weighted by Crippen LogP contribution is 2.64. The van der Waals surface area contributed by atoms with Crippen molar-refractivity contribution in [2.24, 2.45) is 17.8 Å². The van der Waals surface area contributed by atoms with Gasteiger partial charge >= 0.3 is 11.9 Å². The summed E-state index contributed by atoms with van der Waals surface area (Å²) < 4.78 is 50.5. The van der Waals surface area contributed by atoms with Crippen molar-refractivity contribution in [2.75, 3.05) is 76.9 Å². The molecule has 4 N–H and O–H groups in total. The summed E-state index contributed by atoms with van der Waals surface area (Å²) in [6, 6.07) is 24.9. The molecule has 0 saturated carbocycles. The summed E-state index contributed by atoms with van der Waals surface area (Å²) >= 11 is 0. The van der Waals surface area contributed by atoms with Crippen molar-refractivity contribution < 1.29 is 72.3 Å². The summed E-state index contributed by atoms with van der Waals surface area (Å²) in [5.74, 6) is 3.82. The number of likely N-dealkylation sites (N-methyl/N-ethyl adjacent to an activating group) is 2. The molecule has 6 aliphatic heterocycles. The third kappa shape index (κ3) is 10.4. The lowest BCUT2D eigenvalue weighted by molar-refractivity contribution is -0.156. The van der Waals surface area contributed by atoms with Crippen LogP contribution in [0.5, 0.6) is 46.0 Å².